The molecule has 2 N–H and O–H groups in total. The summed E-state index contributed by atoms with van der Waals surface area (Å²) >= 11 is 0. The van der Waals surface area contributed by atoms with Crippen molar-refractivity contribution in [3.8, 4) is 0 Å². The largest absolute Gasteiger partial charge is 0.339 e. The van der Waals surface area contributed by atoms with Gasteiger partial charge in [0.1, 0.15) is 0 Å². The van der Waals surface area contributed by atoms with Crippen LogP contribution in [0, 0.1) is 11.8 Å². The molecular formula is C19H23N3O3. The molecule has 25 heavy (non-hydrogen) atoms. The van der Waals surface area contributed by atoms with Gasteiger partial charge in [0, 0.05) is 31.0 Å². The van der Waals surface area contributed by atoms with Crippen LogP contribution in [0.2, 0.25) is 0 Å². The molecule has 0 unspecified atom stereocenters. The normalized spacial score (nSPS) is 18.2. The Balaban J connectivity index is 1.41. The van der Waals surface area contributed by atoms with Gasteiger partial charge in [0.25, 0.3) is 0 Å². The van der Waals surface area contributed by atoms with Gasteiger partial charge in [-0.1, -0.05) is 30.3 Å². The molecule has 1 aliphatic carbocycles. The quantitative estimate of drug-likeness (QED) is 0.643. The molecule has 1 heterocycles. The summed E-state index contributed by atoms with van der Waals surface area (Å²) in [6, 6.07) is 9.67. The minimum Gasteiger partial charge on any atom is -0.339 e. The molecule has 132 valence electrons. The maximum atomic E-state index is 12.2. The zero-order valence-electron chi connectivity index (χ0n) is 14.1. The van der Waals surface area contributed by atoms with Gasteiger partial charge in [0.15, 0.2) is 0 Å². The highest BCUT2D eigenvalue weighted by Crippen LogP contribution is 2.28. The Kier molecular flexibility index (Phi) is 5.48. The Hall–Kier alpha value is -2.63. The van der Waals surface area contributed by atoms with Crippen molar-refractivity contribution in [1.29, 1.82) is 0 Å². The highest BCUT2D eigenvalue weighted by Gasteiger charge is 2.31. The van der Waals surface area contributed by atoms with Crippen molar-refractivity contribution in [2.45, 2.75) is 25.7 Å². The third-order valence-corrected chi connectivity index (χ3v) is 4.65. The number of carbonyl (C=O) groups excluding carboxylic acids is 3. The summed E-state index contributed by atoms with van der Waals surface area (Å²) in [5.41, 5.74) is 5.98. The number of rotatable bonds is 4. The molecule has 1 saturated heterocycles. The van der Waals surface area contributed by atoms with Crippen LogP contribution in [0.25, 0.3) is 6.08 Å². The lowest BCUT2D eigenvalue weighted by molar-refractivity contribution is -0.134. The fourth-order valence-electron chi connectivity index (χ4n) is 2.87. The lowest BCUT2D eigenvalue weighted by atomic mass is 9.96. The van der Waals surface area contributed by atoms with Crippen molar-refractivity contribution in [3.63, 3.8) is 0 Å². The lowest BCUT2D eigenvalue weighted by Crippen LogP contribution is -2.48. The van der Waals surface area contributed by atoms with Crippen molar-refractivity contribution >= 4 is 23.8 Å². The van der Waals surface area contributed by atoms with Crippen LogP contribution in [0.3, 0.4) is 0 Å². The zero-order chi connectivity index (χ0) is 17.6. The first-order valence-electron chi connectivity index (χ1n) is 8.75. The standard InChI is InChI=1S/C19H23N3O3/c23-17(9-6-14-4-2-1-3-5-14)22-12-10-16(11-13-22)19(25)21-20-18(24)15-7-8-15/h1-6,9,15-16H,7-8,10-13H2,(H,20,24)(H,21,25)/b9-6+. The number of hydrogen-bond donors (Lipinski definition) is 2. The molecule has 0 bridgehead atoms. The summed E-state index contributed by atoms with van der Waals surface area (Å²) in [5.74, 6) is -0.407. The summed E-state index contributed by atoms with van der Waals surface area (Å²) in [6.45, 7) is 1.10. The molecular weight excluding hydrogens is 318 g/mol. The minimum atomic E-state index is -0.166. The molecule has 6 nitrogen and oxygen atoms in total. The third-order valence-electron chi connectivity index (χ3n) is 4.65. The Labute approximate surface area is 147 Å². The number of nitrogens with one attached hydrogen (secondary N) is 2. The molecule has 6 heteroatoms. The van der Waals surface area contributed by atoms with Crippen LogP contribution in [0.15, 0.2) is 36.4 Å². The molecule has 0 atom stereocenters. The van der Waals surface area contributed by atoms with Gasteiger partial charge in [-0.2, -0.15) is 0 Å². The summed E-state index contributed by atoms with van der Waals surface area (Å²) < 4.78 is 0. The number of hydrogen-bond acceptors (Lipinski definition) is 3. The fourth-order valence-corrected chi connectivity index (χ4v) is 2.87. The molecule has 0 radical (unpaired) electrons. The molecule has 3 rings (SSSR count). The highest BCUT2D eigenvalue weighted by atomic mass is 16.2. The molecule has 2 fully saturated rings. The van der Waals surface area contributed by atoms with E-state index >= 15 is 0 Å². The summed E-state index contributed by atoms with van der Waals surface area (Å²) in [4.78, 5) is 37.6. The van der Waals surface area contributed by atoms with Crippen molar-refractivity contribution in [1.82, 2.24) is 15.8 Å². The van der Waals surface area contributed by atoms with E-state index < -0.39 is 0 Å². The number of amides is 3. The fraction of sp³-hybridized carbons (Fsp3) is 0.421. The molecule has 2 aliphatic rings. The van der Waals surface area contributed by atoms with Gasteiger partial charge >= 0.3 is 0 Å². The van der Waals surface area contributed by atoms with E-state index in [0.29, 0.717) is 25.9 Å². The van der Waals surface area contributed by atoms with Gasteiger partial charge in [0.2, 0.25) is 17.7 Å². The number of nitrogens with zero attached hydrogens (tertiary/aromatic N) is 1. The number of piperidine rings is 1. The highest BCUT2D eigenvalue weighted by molar-refractivity contribution is 5.92. The van der Waals surface area contributed by atoms with Gasteiger partial charge in [-0.15, -0.1) is 0 Å². The minimum absolute atomic E-state index is 0.0373. The van der Waals surface area contributed by atoms with Crippen molar-refractivity contribution in [2.75, 3.05) is 13.1 Å². The predicted molar refractivity (Wildman–Crippen MR) is 93.8 cm³/mol. The first-order valence-corrected chi connectivity index (χ1v) is 8.75. The van der Waals surface area contributed by atoms with Gasteiger partial charge in [-0.3, -0.25) is 25.2 Å². The monoisotopic (exact) mass is 341 g/mol. The first-order chi connectivity index (χ1) is 12.1. The Bertz CT molecular complexity index is 660. The average molecular weight is 341 g/mol. The van der Waals surface area contributed by atoms with E-state index in [0.717, 1.165) is 18.4 Å². The second kappa shape index (κ2) is 7.96. The predicted octanol–water partition coefficient (Wildman–Crippen LogP) is 1.50. The summed E-state index contributed by atoms with van der Waals surface area (Å²) in [7, 11) is 0. The van der Waals surface area contributed by atoms with Crippen LogP contribution in [-0.2, 0) is 14.4 Å². The summed E-state index contributed by atoms with van der Waals surface area (Å²) in [6.07, 6.45) is 6.39. The first kappa shape index (κ1) is 17.2. The molecule has 1 aromatic carbocycles. The maximum absolute atomic E-state index is 12.2. The number of benzene rings is 1. The number of likely N-dealkylation sites (tertiary alicyclic amines) is 1. The van der Waals surface area contributed by atoms with Crippen LogP contribution in [0.1, 0.15) is 31.2 Å². The van der Waals surface area contributed by atoms with Crippen molar-refractivity contribution in [3.05, 3.63) is 42.0 Å². The van der Waals surface area contributed by atoms with Gasteiger partial charge in [-0.25, -0.2) is 0 Å². The second-order valence-electron chi connectivity index (χ2n) is 6.60. The topological polar surface area (TPSA) is 78.5 Å². The van der Waals surface area contributed by atoms with E-state index in [2.05, 4.69) is 10.9 Å². The van der Waals surface area contributed by atoms with Crippen molar-refractivity contribution < 1.29 is 14.4 Å². The lowest BCUT2D eigenvalue weighted by Gasteiger charge is -2.30. The van der Waals surface area contributed by atoms with E-state index in [1.807, 2.05) is 30.3 Å². The summed E-state index contributed by atoms with van der Waals surface area (Å²) in [5, 5.41) is 0. The van der Waals surface area contributed by atoms with Crippen LogP contribution < -0.4 is 10.9 Å². The second-order valence-corrected chi connectivity index (χ2v) is 6.60. The molecule has 1 saturated carbocycles. The SMILES string of the molecule is O=C(NNC(=O)C1CCN(C(=O)/C=C/c2ccccc2)CC1)C1CC1. The van der Waals surface area contributed by atoms with Gasteiger partial charge in [0.05, 0.1) is 0 Å². The van der Waals surface area contributed by atoms with E-state index in [1.54, 1.807) is 17.1 Å². The number of carbonyl (C=O) groups is 3. The van der Waals surface area contributed by atoms with Crippen LogP contribution in [-0.4, -0.2) is 35.7 Å². The molecule has 1 aromatic rings. The van der Waals surface area contributed by atoms with Crippen LogP contribution >= 0.6 is 0 Å². The Morgan fingerprint density at radius 1 is 0.880 bits per heavy atom. The Morgan fingerprint density at radius 3 is 2.00 bits per heavy atom. The molecule has 1 aliphatic heterocycles. The van der Waals surface area contributed by atoms with E-state index in [-0.39, 0.29) is 29.6 Å². The molecule has 0 spiro atoms. The Morgan fingerprint density at radius 2 is 1.44 bits per heavy atom. The number of hydrazine groups is 1. The zero-order valence-corrected chi connectivity index (χ0v) is 14.1. The average Bonchev–Trinajstić information content (AvgIpc) is 3.50. The van der Waals surface area contributed by atoms with Crippen molar-refractivity contribution in [2.24, 2.45) is 11.8 Å². The molecule has 0 aromatic heterocycles. The smallest absolute Gasteiger partial charge is 0.246 e. The van der Waals surface area contributed by atoms with Gasteiger partial charge in [-0.05, 0) is 37.3 Å². The van der Waals surface area contributed by atoms with Crippen LogP contribution in [0.5, 0.6) is 0 Å². The molecule has 3 amide bonds. The van der Waals surface area contributed by atoms with Gasteiger partial charge < -0.3 is 4.90 Å². The van der Waals surface area contributed by atoms with E-state index in [1.165, 1.54) is 0 Å². The third kappa shape index (κ3) is 4.92. The maximum Gasteiger partial charge on any atom is 0.246 e. The van der Waals surface area contributed by atoms with E-state index in [4.69, 9.17) is 0 Å². The van der Waals surface area contributed by atoms with Crippen LogP contribution in [0.4, 0.5) is 0 Å². The van der Waals surface area contributed by atoms with E-state index in [9.17, 15) is 14.4 Å².